The Morgan fingerprint density at radius 3 is 2.35 bits per heavy atom. The fourth-order valence-corrected chi connectivity index (χ4v) is 2.38. The van der Waals surface area contributed by atoms with E-state index in [-0.39, 0.29) is 25.7 Å². The predicted molar refractivity (Wildman–Crippen MR) is 80.2 cm³/mol. The second-order valence-corrected chi connectivity index (χ2v) is 5.12. The lowest BCUT2D eigenvalue weighted by molar-refractivity contribution is -0.117. The molecule has 0 fully saturated rings. The molecule has 0 aliphatic rings. The highest BCUT2D eigenvalue weighted by atomic mass is 35.5. The van der Waals surface area contributed by atoms with E-state index in [1.54, 1.807) is 11.0 Å². The van der Waals surface area contributed by atoms with Gasteiger partial charge in [-0.25, -0.2) is 0 Å². The number of nitrogens with zero attached hydrogens (tertiary/aromatic N) is 1. The molecule has 0 unspecified atom stereocenters. The molecule has 112 valence electrons. The number of nitrogens with one attached hydrogen (secondary N) is 1. The zero-order valence-electron chi connectivity index (χ0n) is 11.8. The van der Waals surface area contributed by atoms with Gasteiger partial charge in [-0.1, -0.05) is 17.7 Å². The molecule has 20 heavy (non-hydrogen) atoms. The van der Waals surface area contributed by atoms with Crippen LogP contribution in [-0.2, 0) is 4.79 Å². The predicted octanol–water partition coefficient (Wildman–Crippen LogP) is 1.18. The summed E-state index contributed by atoms with van der Waals surface area (Å²) in [5.41, 5.74) is 2.54. The molecular weight excluding hydrogens is 280 g/mol. The van der Waals surface area contributed by atoms with E-state index < -0.39 is 0 Å². The molecule has 0 aromatic heterocycles. The molecule has 1 aromatic carbocycles. The number of aliphatic hydroxyl groups is 2. The minimum absolute atomic E-state index is 0.0579. The van der Waals surface area contributed by atoms with Crippen LogP contribution < -0.4 is 5.32 Å². The number of rotatable bonds is 7. The monoisotopic (exact) mass is 300 g/mol. The molecule has 0 atom stereocenters. The maximum atomic E-state index is 12.0. The number of anilines is 1. The van der Waals surface area contributed by atoms with Crippen molar-refractivity contribution in [2.45, 2.75) is 13.8 Å². The molecule has 0 radical (unpaired) electrons. The Hall–Kier alpha value is -1.14. The lowest BCUT2D eigenvalue weighted by Gasteiger charge is -2.20. The number of amides is 1. The van der Waals surface area contributed by atoms with E-state index in [1.165, 1.54) is 0 Å². The molecule has 6 heteroatoms. The summed E-state index contributed by atoms with van der Waals surface area (Å²) in [5.74, 6) is -0.222. The smallest absolute Gasteiger partial charge is 0.238 e. The SMILES string of the molecule is Cc1cc(C)c(NC(=O)CN(CCO)CCO)c(Cl)c1. The molecule has 0 spiro atoms. The first-order chi connectivity index (χ1) is 9.47. The fourth-order valence-electron chi connectivity index (χ4n) is 2.01. The number of aliphatic hydroxyl groups excluding tert-OH is 2. The van der Waals surface area contributed by atoms with E-state index in [2.05, 4.69) is 5.32 Å². The third kappa shape index (κ3) is 5.09. The molecule has 0 bridgehead atoms. The molecule has 5 nitrogen and oxygen atoms in total. The van der Waals surface area contributed by atoms with Gasteiger partial charge in [0.2, 0.25) is 5.91 Å². The van der Waals surface area contributed by atoms with Gasteiger partial charge >= 0.3 is 0 Å². The van der Waals surface area contributed by atoms with E-state index >= 15 is 0 Å². The summed E-state index contributed by atoms with van der Waals surface area (Å²) in [5, 5.41) is 21.1. The van der Waals surface area contributed by atoms with Crippen LogP contribution in [0.1, 0.15) is 11.1 Å². The standard InChI is InChI=1S/C14H21ClN2O3/c1-10-7-11(2)14(12(15)8-10)16-13(20)9-17(3-5-18)4-6-19/h7-8,18-19H,3-6,9H2,1-2H3,(H,16,20). The lowest BCUT2D eigenvalue weighted by atomic mass is 10.1. The van der Waals surface area contributed by atoms with Gasteiger partial charge in [0.05, 0.1) is 30.5 Å². The zero-order valence-corrected chi connectivity index (χ0v) is 12.6. The Bertz CT molecular complexity index is 437. The van der Waals surface area contributed by atoms with E-state index in [1.807, 2.05) is 19.9 Å². The summed E-state index contributed by atoms with van der Waals surface area (Å²) in [6.07, 6.45) is 0. The normalized spacial score (nSPS) is 10.9. The van der Waals surface area contributed by atoms with Gasteiger partial charge in [-0.2, -0.15) is 0 Å². The minimum Gasteiger partial charge on any atom is -0.395 e. The highest BCUT2D eigenvalue weighted by molar-refractivity contribution is 6.34. The first kappa shape index (κ1) is 16.9. The fraction of sp³-hybridized carbons (Fsp3) is 0.500. The van der Waals surface area contributed by atoms with Crippen LogP contribution in [0.15, 0.2) is 12.1 Å². The quantitative estimate of drug-likeness (QED) is 0.707. The number of hydrogen-bond donors (Lipinski definition) is 3. The molecule has 0 heterocycles. The van der Waals surface area contributed by atoms with Gasteiger partial charge in [0.25, 0.3) is 0 Å². The largest absolute Gasteiger partial charge is 0.395 e. The van der Waals surface area contributed by atoms with Gasteiger partial charge in [-0.3, -0.25) is 9.69 Å². The number of carbonyl (C=O) groups excluding carboxylic acids is 1. The average Bonchev–Trinajstić information content (AvgIpc) is 2.34. The van der Waals surface area contributed by atoms with Crippen molar-refractivity contribution in [3.05, 3.63) is 28.3 Å². The Morgan fingerprint density at radius 2 is 1.85 bits per heavy atom. The van der Waals surface area contributed by atoms with Gasteiger partial charge in [0.15, 0.2) is 0 Å². The summed E-state index contributed by atoms with van der Waals surface area (Å²) >= 11 is 6.13. The topological polar surface area (TPSA) is 72.8 Å². The Balaban J connectivity index is 2.70. The van der Waals surface area contributed by atoms with Crippen molar-refractivity contribution in [3.63, 3.8) is 0 Å². The van der Waals surface area contributed by atoms with Crippen LogP contribution in [0.5, 0.6) is 0 Å². The first-order valence-corrected chi connectivity index (χ1v) is 6.86. The van der Waals surface area contributed by atoms with Crippen molar-refractivity contribution in [3.8, 4) is 0 Å². The zero-order chi connectivity index (χ0) is 15.1. The summed E-state index contributed by atoms with van der Waals surface area (Å²) in [6.45, 7) is 4.49. The number of carbonyl (C=O) groups is 1. The summed E-state index contributed by atoms with van der Waals surface area (Å²) in [4.78, 5) is 13.7. The second kappa shape index (κ2) is 8.21. The van der Waals surface area contributed by atoms with Crippen molar-refractivity contribution >= 4 is 23.2 Å². The summed E-state index contributed by atoms with van der Waals surface area (Å²) in [7, 11) is 0. The molecular formula is C14H21ClN2O3. The molecule has 1 aromatic rings. The van der Waals surface area contributed by atoms with Crippen LogP contribution >= 0.6 is 11.6 Å². The Kier molecular flexibility index (Phi) is 6.95. The highest BCUT2D eigenvalue weighted by Gasteiger charge is 2.13. The van der Waals surface area contributed by atoms with Gasteiger partial charge in [-0.05, 0) is 31.0 Å². The first-order valence-electron chi connectivity index (χ1n) is 6.48. The van der Waals surface area contributed by atoms with E-state index in [0.29, 0.717) is 23.8 Å². The van der Waals surface area contributed by atoms with E-state index in [9.17, 15) is 4.79 Å². The summed E-state index contributed by atoms with van der Waals surface area (Å²) < 4.78 is 0. The molecule has 1 amide bonds. The average molecular weight is 301 g/mol. The Labute approximate surface area is 124 Å². The molecule has 0 saturated carbocycles. The van der Waals surface area contributed by atoms with E-state index in [4.69, 9.17) is 21.8 Å². The molecule has 0 saturated heterocycles. The molecule has 0 aliphatic carbocycles. The van der Waals surface area contributed by atoms with Crippen molar-refractivity contribution in [2.75, 3.05) is 38.2 Å². The van der Waals surface area contributed by atoms with Crippen molar-refractivity contribution < 1.29 is 15.0 Å². The molecule has 1 rings (SSSR count). The van der Waals surface area contributed by atoms with Crippen LogP contribution in [0, 0.1) is 13.8 Å². The van der Waals surface area contributed by atoms with Gasteiger partial charge in [0, 0.05) is 13.1 Å². The second-order valence-electron chi connectivity index (χ2n) is 4.71. The van der Waals surface area contributed by atoms with Crippen LogP contribution in [0.25, 0.3) is 0 Å². The Morgan fingerprint density at radius 1 is 1.25 bits per heavy atom. The molecule has 3 N–H and O–H groups in total. The highest BCUT2D eigenvalue weighted by Crippen LogP contribution is 2.27. The third-order valence-electron chi connectivity index (χ3n) is 2.90. The van der Waals surface area contributed by atoms with Gasteiger partial charge in [-0.15, -0.1) is 0 Å². The van der Waals surface area contributed by atoms with Crippen molar-refractivity contribution in [1.29, 1.82) is 0 Å². The van der Waals surface area contributed by atoms with Crippen LogP contribution in [0.3, 0.4) is 0 Å². The number of hydrogen-bond acceptors (Lipinski definition) is 4. The minimum atomic E-state index is -0.222. The van der Waals surface area contributed by atoms with Crippen LogP contribution in [0.4, 0.5) is 5.69 Å². The van der Waals surface area contributed by atoms with Crippen LogP contribution in [0.2, 0.25) is 5.02 Å². The number of aryl methyl sites for hydroxylation is 2. The van der Waals surface area contributed by atoms with Gasteiger partial charge in [0.1, 0.15) is 0 Å². The number of benzene rings is 1. The van der Waals surface area contributed by atoms with Crippen molar-refractivity contribution in [2.24, 2.45) is 0 Å². The van der Waals surface area contributed by atoms with Crippen molar-refractivity contribution in [1.82, 2.24) is 4.90 Å². The van der Waals surface area contributed by atoms with Gasteiger partial charge < -0.3 is 15.5 Å². The third-order valence-corrected chi connectivity index (χ3v) is 3.19. The maximum absolute atomic E-state index is 12.0. The number of halogens is 1. The summed E-state index contributed by atoms with van der Waals surface area (Å²) in [6, 6.07) is 3.74. The molecule has 0 aliphatic heterocycles. The maximum Gasteiger partial charge on any atom is 0.238 e. The van der Waals surface area contributed by atoms with E-state index in [0.717, 1.165) is 11.1 Å². The lowest BCUT2D eigenvalue weighted by Crippen LogP contribution is -2.37. The van der Waals surface area contributed by atoms with Crippen LogP contribution in [-0.4, -0.2) is 53.9 Å².